The van der Waals surface area contributed by atoms with Gasteiger partial charge in [-0.1, -0.05) is 19.8 Å². The normalized spacial score (nSPS) is 24.6. The highest BCUT2D eigenvalue weighted by Crippen LogP contribution is 2.38. The summed E-state index contributed by atoms with van der Waals surface area (Å²) in [6.45, 7) is 5.81. The summed E-state index contributed by atoms with van der Waals surface area (Å²) in [6, 6.07) is -0.578. The SMILES string of the molecule is CC(C)OCCCNC(=O)COC(=O)CN1C(=O)N[C@]2(CCCC[C@H]2C)C1=O. The molecule has 158 valence electrons. The van der Waals surface area contributed by atoms with Gasteiger partial charge in [-0.2, -0.15) is 0 Å². The first kappa shape index (κ1) is 22.1. The van der Waals surface area contributed by atoms with Crippen molar-refractivity contribution in [2.24, 2.45) is 5.92 Å². The van der Waals surface area contributed by atoms with Gasteiger partial charge >= 0.3 is 12.0 Å². The second-order valence-corrected chi connectivity index (χ2v) is 7.72. The molecule has 9 nitrogen and oxygen atoms in total. The number of urea groups is 1. The molecular weight excluding hydrogens is 366 g/mol. The van der Waals surface area contributed by atoms with E-state index in [-0.39, 0.29) is 17.9 Å². The maximum absolute atomic E-state index is 12.8. The van der Waals surface area contributed by atoms with Crippen molar-refractivity contribution in [3.05, 3.63) is 0 Å². The van der Waals surface area contributed by atoms with Gasteiger partial charge in [-0.3, -0.25) is 19.3 Å². The van der Waals surface area contributed by atoms with E-state index in [9.17, 15) is 19.2 Å². The third-order valence-electron chi connectivity index (χ3n) is 5.25. The predicted octanol–water partition coefficient (Wildman–Crippen LogP) is 0.962. The lowest BCUT2D eigenvalue weighted by atomic mass is 9.73. The lowest BCUT2D eigenvalue weighted by Crippen LogP contribution is -2.54. The van der Waals surface area contributed by atoms with E-state index in [1.165, 1.54) is 0 Å². The Morgan fingerprint density at radius 2 is 2.07 bits per heavy atom. The Hall–Kier alpha value is -2.16. The zero-order chi connectivity index (χ0) is 20.7. The van der Waals surface area contributed by atoms with E-state index in [0.29, 0.717) is 26.0 Å². The molecule has 2 aliphatic rings. The molecule has 28 heavy (non-hydrogen) atoms. The average molecular weight is 397 g/mol. The zero-order valence-corrected chi connectivity index (χ0v) is 16.9. The lowest BCUT2D eigenvalue weighted by molar-refractivity contribution is -0.151. The van der Waals surface area contributed by atoms with Gasteiger partial charge < -0.3 is 20.1 Å². The number of hydrogen-bond acceptors (Lipinski definition) is 6. The lowest BCUT2D eigenvalue weighted by Gasteiger charge is -2.36. The van der Waals surface area contributed by atoms with Crippen LogP contribution in [0.5, 0.6) is 0 Å². The van der Waals surface area contributed by atoms with E-state index >= 15 is 0 Å². The number of imide groups is 1. The summed E-state index contributed by atoms with van der Waals surface area (Å²) in [6.07, 6.45) is 4.10. The first-order chi connectivity index (χ1) is 13.3. The van der Waals surface area contributed by atoms with Crippen LogP contribution in [0.15, 0.2) is 0 Å². The van der Waals surface area contributed by atoms with Gasteiger partial charge in [0.2, 0.25) is 0 Å². The molecule has 1 saturated heterocycles. The van der Waals surface area contributed by atoms with Gasteiger partial charge in [0, 0.05) is 13.2 Å². The van der Waals surface area contributed by atoms with Crippen LogP contribution in [0.3, 0.4) is 0 Å². The number of hydrogen-bond donors (Lipinski definition) is 2. The Morgan fingerprint density at radius 1 is 1.32 bits per heavy atom. The summed E-state index contributed by atoms with van der Waals surface area (Å²) in [5.41, 5.74) is -0.912. The topological polar surface area (TPSA) is 114 Å². The van der Waals surface area contributed by atoms with Crippen molar-refractivity contribution >= 4 is 23.8 Å². The molecule has 0 aromatic carbocycles. The molecule has 0 bridgehead atoms. The molecular formula is C19H31N3O6. The molecule has 0 aromatic rings. The highest BCUT2D eigenvalue weighted by atomic mass is 16.5. The number of nitrogens with one attached hydrogen (secondary N) is 2. The fourth-order valence-electron chi connectivity index (χ4n) is 3.63. The molecule has 0 radical (unpaired) electrons. The number of rotatable bonds is 9. The third-order valence-corrected chi connectivity index (χ3v) is 5.25. The quantitative estimate of drug-likeness (QED) is 0.340. The summed E-state index contributed by atoms with van der Waals surface area (Å²) in [4.78, 5) is 49.6. The van der Waals surface area contributed by atoms with Crippen LogP contribution in [0, 0.1) is 5.92 Å². The Bertz CT molecular complexity index is 608. The number of nitrogens with zero attached hydrogens (tertiary/aromatic N) is 1. The number of carbonyl (C=O) groups is 4. The minimum atomic E-state index is -0.912. The van der Waals surface area contributed by atoms with E-state index in [4.69, 9.17) is 9.47 Å². The summed E-state index contributed by atoms with van der Waals surface area (Å²) >= 11 is 0. The summed E-state index contributed by atoms with van der Waals surface area (Å²) in [7, 11) is 0. The summed E-state index contributed by atoms with van der Waals surface area (Å²) in [5.74, 6) is -1.59. The van der Waals surface area contributed by atoms with E-state index in [1.807, 2.05) is 20.8 Å². The van der Waals surface area contributed by atoms with Gasteiger partial charge in [-0.15, -0.1) is 0 Å². The molecule has 1 spiro atoms. The van der Waals surface area contributed by atoms with E-state index < -0.39 is 36.6 Å². The van der Waals surface area contributed by atoms with Crippen LogP contribution in [-0.4, -0.2) is 66.7 Å². The largest absolute Gasteiger partial charge is 0.454 e. The van der Waals surface area contributed by atoms with Crippen molar-refractivity contribution in [1.82, 2.24) is 15.5 Å². The predicted molar refractivity (Wildman–Crippen MR) is 100 cm³/mol. The molecule has 1 aliphatic carbocycles. The first-order valence-electron chi connectivity index (χ1n) is 9.94. The number of amides is 4. The molecule has 2 fully saturated rings. The van der Waals surface area contributed by atoms with Crippen molar-refractivity contribution in [2.75, 3.05) is 26.3 Å². The molecule has 0 unspecified atom stereocenters. The van der Waals surface area contributed by atoms with Crippen LogP contribution in [0.2, 0.25) is 0 Å². The Kier molecular flexibility index (Phi) is 7.79. The van der Waals surface area contributed by atoms with Crippen LogP contribution >= 0.6 is 0 Å². The van der Waals surface area contributed by atoms with Crippen molar-refractivity contribution in [3.8, 4) is 0 Å². The number of esters is 1. The molecule has 0 aromatic heterocycles. The highest BCUT2D eigenvalue weighted by Gasteiger charge is 2.55. The molecule has 9 heteroatoms. The Morgan fingerprint density at radius 3 is 2.75 bits per heavy atom. The molecule has 1 saturated carbocycles. The van der Waals surface area contributed by atoms with Crippen molar-refractivity contribution < 1.29 is 28.7 Å². The minimum Gasteiger partial charge on any atom is -0.454 e. The van der Waals surface area contributed by atoms with Crippen molar-refractivity contribution in [3.63, 3.8) is 0 Å². The zero-order valence-electron chi connectivity index (χ0n) is 16.9. The minimum absolute atomic E-state index is 0.0178. The van der Waals surface area contributed by atoms with E-state index in [1.54, 1.807) is 0 Å². The van der Waals surface area contributed by atoms with Gasteiger partial charge in [-0.25, -0.2) is 4.79 Å². The van der Waals surface area contributed by atoms with Gasteiger partial charge in [0.15, 0.2) is 6.61 Å². The maximum Gasteiger partial charge on any atom is 0.326 e. The Labute approximate surface area is 165 Å². The molecule has 1 aliphatic heterocycles. The molecule has 1 heterocycles. The van der Waals surface area contributed by atoms with Crippen LogP contribution < -0.4 is 10.6 Å². The van der Waals surface area contributed by atoms with Gasteiger partial charge in [-0.05, 0) is 39.0 Å². The fraction of sp³-hybridized carbons (Fsp3) is 0.789. The maximum atomic E-state index is 12.8. The number of carbonyl (C=O) groups excluding carboxylic acids is 4. The second kappa shape index (κ2) is 9.86. The van der Waals surface area contributed by atoms with Gasteiger partial charge in [0.05, 0.1) is 6.10 Å². The summed E-state index contributed by atoms with van der Waals surface area (Å²) < 4.78 is 10.3. The monoisotopic (exact) mass is 397 g/mol. The van der Waals surface area contributed by atoms with Crippen LogP contribution in [0.25, 0.3) is 0 Å². The highest BCUT2D eigenvalue weighted by molar-refractivity contribution is 6.09. The smallest absolute Gasteiger partial charge is 0.326 e. The molecule has 2 atom stereocenters. The molecule has 4 amide bonds. The number of ether oxygens (including phenoxy) is 2. The first-order valence-corrected chi connectivity index (χ1v) is 9.94. The molecule has 2 rings (SSSR count). The molecule has 2 N–H and O–H groups in total. The third kappa shape index (κ3) is 5.43. The summed E-state index contributed by atoms with van der Waals surface area (Å²) in [5, 5.41) is 5.39. The van der Waals surface area contributed by atoms with Crippen molar-refractivity contribution in [1.29, 1.82) is 0 Å². The van der Waals surface area contributed by atoms with Crippen LogP contribution in [-0.2, 0) is 23.9 Å². The van der Waals surface area contributed by atoms with Crippen LogP contribution in [0.1, 0.15) is 52.9 Å². The van der Waals surface area contributed by atoms with Gasteiger partial charge in [0.25, 0.3) is 11.8 Å². The van der Waals surface area contributed by atoms with Crippen LogP contribution in [0.4, 0.5) is 4.79 Å². The fourth-order valence-corrected chi connectivity index (χ4v) is 3.63. The van der Waals surface area contributed by atoms with E-state index in [0.717, 1.165) is 24.2 Å². The average Bonchev–Trinajstić information content (AvgIpc) is 2.87. The van der Waals surface area contributed by atoms with Gasteiger partial charge in [0.1, 0.15) is 12.1 Å². The standard InChI is InChI=1S/C19H31N3O6/c1-13(2)27-10-6-9-20-15(23)12-28-16(24)11-22-17(25)19(21-18(22)26)8-5-4-7-14(19)3/h13-14H,4-12H2,1-3H3,(H,20,23)(H,21,26)/t14-,19+/m1/s1. The Balaban J connectivity index is 1.73. The second-order valence-electron chi connectivity index (χ2n) is 7.72. The van der Waals surface area contributed by atoms with E-state index in [2.05, 4.69) is 10.6 Å². The van der Waals surface area contributed by atoms with Crippen molar-refractivity contribution in [2.45, 2.75) is 64.5 Å².